The van der Waals surface area contributed by atoms with E-state index in [2.05, 4.69) is 18.3 Å². The quantitative estimate of drug-likeness (QED) is 0.665. The zero-order valence-electron chi connectivity index (χ0n) is 9.53. The number of hydrogen-bond acceptors (Lipinski definition) is 4. The Balaban J connectivity index is 2.18. The van der Waals surface area contributed by atoms with Gasteiger partial charge < -0.3 is 14.8 Å². The molecular formula is C11H20N2O2. The summed E-state index contributed by atoms with van der Waals surface area (Å²) in [6.45, 7) is 4.49. The van der Waals surface area contributed by atoms with Crippen LogP contribution >= 0.6 is 0 Å². The lowest BCUT2D eigenvalue weighted by Crippen LogP contribution is -2.26. The highest BCUT2D eigenvalue weighted by atomic mass is 16.5. The molecule has 1 aliphatic heterocycles. The molecule has 0 aromatic heterocycles. The average Bonchev–Trinajstić information content (AvgIpc) is 2.57. The fourth-order valence-corrected chi connectivity index (χ4v) is 1.90. The predicted octanol–water partition coefficient (Wildman–Crippen LogP) is 0.930. The van der Waals surface area contributed by atoms with Crippen LogP contribution in [0.4, 0.5) is 0 Å². The van der Waals surface area contributed by atoms with Gasteiger partial charge in [0.2, 0.25) is 0 Å². The maximum Gasteiger partial charge on any atom is 0.0740 e. The molecule has 1 rings (SSSR count). The molecule has 0 spiro atoms. The van der Waals surface area contributed by atoms with Gasteiger partial charge in [-0.3, -0.25) is 0 Å². The van der Waals surface area contributed by atoms with Crippen LogP contribution in [0.3, 0.4) is 0 Å². The predicted molar refractivity (Wildman–Crippen MR) is 57.4 cm³/mol. The van der Waals surface area contributed by atoms with Crippen LogP contribution in [0.15, 0.2) is 0 Å². The third-order valence-electron chi connectivity index (χ3n) is 2.94. The Morgan fingerprint density at radius 2 is 2.27 bits per heavy atom. The molecule has 1 heterocycles. The second kappa shape index (κ2) is 6.78. The Hall–Kier alpha value is -0.630. The molecule has 0 radical (unpaired) electrons. The molecule has 0 unspecified atom stereocenters. The lowest BCUT2D eigenvalue weighted by atomic mass is 9.99. The fraction of sp³-hybridized carbons (Fsp3) is 0.909. The molecule has 1 aliphatic rings. The highest BCUT2D eigenvalue weighted by molar-refractivity contribution is 4.93. The van der Waals surface area contributed by atoms with Crippen molar-refractivity contribution >= 4 is 0 Å². The van der Waals surface area contributed by atoms with Gasteiger partial charge in [-0.15, -0.1) is 0 Å². The number of hydrogen-bond donors (Lipinski definition) is 1. The maximum absolute atomic E-state index is 8.63. The summed E-state index contributed by atoms with van der Waals surface area (Å²) in [6, 6.07) is 2.49. The Kier molecular flexibility index (Phi) is 5.62. The van der Waals surface area contributed by atoms with Crippen molar-refractivity contribution in [1.82, 2.24) is 5.32 Å². The van der Waals surface area contributed by atoms with Crippen LogP contribution in [-0.4, -0.2) is 39.0 Å². The zero-order chi connectivity index (χ0) is 11.1. The summed E-state index contributed by atoms with van der Waals surface area (Å²) in [4.78, 5) is 0. The summed E-state index contributed by atoms with van der Waals surface area (Å²) in [5.41, 5.74) is 0. The second-order valence-corrected chi connectivity index (χ2v) is 3.99. The van der Waals surface area contributed by atoms with E-state index >= 15 is 0 Å². The van der Waals surface area contributed by atoms with Gasteiger partial charge in [0, 0.05) is 32.9 Å². The molecule has 0 aliphatic carbocycles. The first-order chi connectivity index (χ1) is 7.29. The van der Waals surface area contributed by atoms with Crippen LogP contribution in [0.2, 0.25) is 0 Å². The maximum atomic E-state index is 8.63. The largest absolute Gasteiger partial charge is 0.385 e. The smallest absolute Gasteiger partial charge is 0.0740 e. The van der Waals surface area contributed by atoms with E-state index in [0.29, 0.717) is 18.4 Å². The third kappa shape index (κ3) is 3.78. The SMILES string of the molecule is COCCCO[C@H]1CN[C@@H](CC#N)[C@@H]1C. The highest BCUT2D eigenvalue weighted by Crippen LogP contribution is 2.20. The molecule has 0 aromatic carbocycles. The minimum Gasteiger partial charge on any atom is -0.385 e. The summed E-state index contributed by atoms with van der Waals surface area (Å²) in [6.07, 6.45) is 1.75. The molecule has 0 aromatic rings. The number of ether oxygens (including phenoxy) is 2. The molecule has 1 saturated heterocycles. The molecule has 4 nitrogen and oxygen atoms in total. The van der Waals surface area contributed by atoms with Crippen molar-refractivity contribution in [3.63, 3.8) is 0 Å². The Labute approximate surface area is 91.6 Å². The molecule has 1 N–H and O–H groups in total. The van der Waals surface area contributed by atoms with E-state index in [1.807, 2.05) is 0 Å². The zero-order valence-corrected chi connectivity index (χ0v) is 9.53. The van der Waals surface area contributed by atoms with E-state index in [9.17, 15) is 0 Å². The Bertz CT molecular complexity index is 215. The van der Waals surface area contributed by atoms with E-state index in [1.54, 1.807) is 7.11 Å². The van der Waals surface area contributed by atoms with Crippen molar-refractivity contribution in [2.24, 2.45) is 5.92 Å². The first-order valence-corrected chi connectivity index (χ1v) is 5.50. The third-order valence-corrected chi connectivity index (χ3v) is 2.94. The minimum atomic E-state index is 0.250. The van der Waals surface area contributed by atoms with Crippen molar-refractivity contribution in [3.05, 3.63) is 0 Å². The molecule has 15 heavy (non-hydrogen) atoms. The Morgan fingerprint density at radius 1 is 1.47 bits per heavy atom. The molecule has 0 bridgehead atoms. The van der Waals surface area contributed by atoms with Crippen molar-refractivity contribution in [1.29, 1.82) is 5.26 Å². The van der Waals surface area contributed by atoms with E-state index in [0.717, 1.165) is 26.2 Å². The summed E-state index contributed by atoms with van der Waals surface area (Å²) < 4.78 is 10.7. The van der Waals surface area contributed by atoms with Crippen LogP contribution in [0, 0.1) is 17.2 Å². The first kappa shape index (κ1) is 12.4. The van der Waals surface area contributed by atoms with Crippen LogP contribution in [0.5, 0.6) is 0 Å². The standard InChI is InChI=1S/C11H20N2O2/c1-9-10(4-5-12)13-8-11(9)15-7-3-6-14-2/h9-11,13H,3-4,6-8H2,1-2H3/t9-,10-,11-/m0/s1. The molecule has 3 atom stereocenters. The number of methoxy groups -OCH3 is 1. The molecule has 86 valence electrons. The fourth-order valence-electron chi connectivity index (χ4n) is 1.90. The lowest BCUT2D eigenvalue weighted by Gasteiger charge is -2.18. The van der Waals surface area contributed by atoms with Gasteiger partial charge >= 0.3 is 0 Å². The molecule has 0 amide bonds. The topological polar surface area (TPSA) is 54.3 Å². The number of rotatable bonds is 6. The van der Waals surface area contributed by atoms with E-state index in [1.165, 1.54) is 0 Å². The summed E-state index contributed by atoms with van der Waals surface area (Å²) in [7, 11) is 1.70. The second-order valence-electron chi connectivity index (χ2n) is 3.99. The van der Waals surface area contributed by atoms with Gasteiger partial charge in [0.1, 0.15) is 0 Å². The van der Waals surface area contributed by atoms with Gasteiger partial charge in [0.15, 0.2) is 0 Å². The van der Waals surface area contributed by atoms with Crippen LogP contribution < -0.4 is 5.32 Å². The van der Waals surface area contributed by atoms with Crippen molar-refractivity contribution in [3.8, 4) is 6.07 Å². The van der Waals surface area contributed by atoms with E-state index in [4.69, 9.17) is 14.7 Å². The van der Waals surface area contributed by atoms with Crippen molar-refractivity contribution < 1.29 is 9.47 Å². The van der Waals surface area contributed by atoms with Crippen LogP contribution in [0.1, 0.15) is 19.8 Å². The van der Waals surface area contributed by atoms with Gasteiger partial charge in [-0.25, -0.2) is 0 Å². The monoisotopic (exact) mass is 212 g/mol. The Morgan fingerprint density at radius 3 is 2.93 bits per heavy atom. The van der Waals surface area contributed by atoms with Crippen molar-refractivity contribution in [2.45, 2.75) is 31.9 Å². The number of nitrogens with zero attached hydrogens (tertiary/aromatic N) is 1. The lowest BCUT2D eigenvalue weighted by molar-refractivity contribution is 0.0269. The van der Waals surface area contributed by atoms with Gasteiger partial charge in [0.05, 0.1) is 18.6 Å². The average molecular weight is 212 g/mol. The van der Waals surface area contributed by atoms with E-state index < -0.39 is 0 Å². The number of nitriles is 1. The molecule has 0 saturated carbocycles. The van der Waals surface area contributed by atoms with Gasteiger partial charge in [-0.05, 0) is 12.3 Å². The molecular weight excluding hydrogens is 192 g/mol. The summed E-state index contributed by atoms with van der Waals surface area (Å²) in [5.74, 6) is 0.423. The normalized spacial score (nSPS) is 30.3. The number of nitrogens with one attached hydrogen (secondary N) is 1. The first-order valence-electron chi connectivity index (χ1n) is 5.50. The minimum absolute atomic E-state index is 0.250. The highest BCUT2D eigenvalue weighted by Gasteiger charge is 2.32. The van der Waals surface area contributed by atoms with Gasteiger partial charge in [-0.1, -0.05) is 6.92 Å². The van der Waals surface area contributed by atoms with Gasteiger partial charge in [-0.2, -0.15) is 5.26 Å². The van der Waals surface area contributed by atoms with Crippen LogP contribution in [-0.2, 0) is 9.47 Å². The van der Waals surface area contributed by atoms with Crippen molar-refractivity contribution in [2.75, 3.05) is 26.9 Å². The summed E-state index contributed by atoms with van der Waals surface area (Å²) in [5, 5.41) is 11.9. The molecule has 4 heteroatoms. The summed E-state index contributed by atoms with van der Waals surface area (Å²) >= 11 is 0. The van der Waals surface area contributed by atoms with Gasteiger partial charge in [0.25, 0.3) is 0 Å². The molecule has 1 fully saturated rings. The van der Waals surface area contributed by atoms with Crippen LogP contribution in [0.25, 0.3) is 0 Å². The van der Waals surface area contributed by atoms with E-state index in [-0.39, 0.29) is 6.10 Å².